The molecule has 0 atom stereocenters. The zero-order chi connectivity index (χ0) is 15.8. The predicted molar refractivity (Wildman–Crippen MR) is 103 cm³/mol. The van der Waals surface area contributed by atoms with Crippen molar-refractivity contribution < 1.29 is 0 Å². The molecule has 0 radical (unpaired) electrons. The average Bonchev–Trinajstić information content (AvgIpc) is 2.60. The van der Waals surface area contributed by atoms with E-state index in [1.807, 2.05) is 18.2 Å². The molecule has 0 aliphatic carbocycles. The molecule has 0 unspecified atom stereocenters. The molecule has 4 rings (SSSR count). The minimum absolute atomic E-state index is 0.805. The molecule has 0 amide bonds. The average molecular weight is 382 g/mol. The Balaban J connectivity index is 2.12. The van der Waals surface area contributed by atoms with Gasteiger partial charge in [-0.3, -0.25) is 0 Å². The Labute approximate surface area is 148 Å². The summed E-state index contributed by atoms with van der Waals surface area (Å²) >= 11 is 10.4. The van der Waals surface area contributed by atoms with E-state index < -0.39 is 0 Å². The molecule has 0 nitrogen and oxygen atoms in total. The second-order valence-corrected chi connectivity index (χ2v) is 6.86. The van der Waals surface area contributed by atoms with Crippen LogP contribution < -0.4 is 0 Å². The number of benzene rings is 4. The van der Waals surface area contributed by atoms with Gasteiger partial charge in [0.05, 0.1) is 0 Å². The highest BCUT2D eigenvalue weighted by Gasteiger charge is 2.14. The monoisotopic (exact) mass is 380 g/mol. The lowest BCUT2D eigenvalue weighted by molar-refractivity contribution is 1.23. The molecule has 4 aromatic rings. The lowest BCUT2D eigenvalue weighted by Gasteiger charge is -2.15. The maximum absolute atomic E-state index is 6.58. The summed E-state index contributed by atoms with van der Waals surface area (Å²) in [4.78, 5) is 0. The van der Waals surface area contributed by atoms with Crippen LogP contribution in [-0.2, 0) is 6.42 Å². The van der Waals surface area contributed by atoms with Crippen molar-refractivity contribution in [2.45, 2.75) is 6.42 Å². The highest BCUT2D eigenvalue weighted by atomic mass is 79.9. The first-order chi connectivity index (χ1) is 11.3. The van der Waals surface area contributed by atoms with Crippen LogP contribution in [0.25, 0.3) is 21.5 Å². The number of hydrogen-bond donors (Lipinski definition) is 0. The molecule has 0 bridgehead atoms. The van der Waals surface area contributed by atoms with E-state index in [-0.39, 0.29) is 0 Å². The van der Waals surface area contributed by atoms with E-state index >= 15 is 0 Å². The standard InChI is InChI=1S/C21H14BrCl/c22-21-16-10-5-4-9-15(16)18(13-14-7-2-1-3-8-14)20-17(21)11-6-12-19(20)23/h1-12H,13H2. The van der Waals surface area contributed by atoms with Crippen LogP contribution in [0.4, 0.5) is 0 Å². The quantitative estimate of drug-likeness (QED) is 0.328. The van der Waals surface area contributed by atoms with Crippen molar-refractivity contribution in [3.8, 4) is 0 Å². The fourth-order valence-corrected chi connectivity index (χ4v) is 4.18. The van der Waals surface area contributed by atoms with Crippen LogP contribution in [0.2, 0.25) is 5.02 Å². The second-order valence-electron chi connectivity index (χ2n) is 5.66. The lowest BCUT2D eigenvalue weighted by atomic mass is 9.92. The van der Waals surface area contributed by atoms with Crippen molar-refractivity contribution in [1.29, 1.82) is 0 Å². The van der Waals surface area contributed by atoms with Crippen molar-refractivity contribution in [3.05, 3.63) is 93.4 Å². The van der Waals surface area contributed by atoms with E-state index in [4.69, 9.17) is 11.6 Å². The summed E-state index contributed by atoms with van der Waals surface area (Å²) in [6.07, 6.45) is 0.870. The third kappa shape index (κ3) is 2.54. The normalized spacial score (nSPS) is 11.2. The highest BCUT2D eigenvalue weighted by molar-refractivity contribution is 9.10. The Hall–Kier alpha value is -1.83. The van der Waals surface area contributed by atoms with Crippen LogP contribution in [0, 0.1) is 0 Å². The summed E-state index contributed by atoms with van der Waals surface area (Å²) in [5.41, 5.74) is 2.58. The first kappa shape index (κ1) is 14.7. The van der Waals surface area contributed by atoms with Gasteiger partial charge in [0.25, 0.3) is 0 Å². The summed E-state index contributed by atoms with van der Waals surface area (Å²) in [6, 6.07) is 25.2. The van der Waals surface area contributed by atoms with Crippen LogP contribution in [0.15, 0.2) is 77.3 Å². The fourth-order valence-electron chi connectivity index (χ4n) is 3.21. The molecule has 0 N–H and O–H groups in total. The third-order valence-electron chi connectivity index (χ3n) is 4.26. The molecule has 2 heteroatoms. The van der Waals surface area contributed by atoms with Gasteiger partial charge in [0, 0.05) is 14.9 Å². The molecule has 23 heavy (non-hydrogen) atoms. The molecule has 0 saturated carbocycles. The van der Waals surface area contributed by atoms with Gasteiger partial charge >= 0.3 is 0 Å². The van der Waals surface area contributed by atoms with Gasteiger partial charge in [0.1, 0.15) is 0 Å². The number of halogens is 2. The highest BCUT2D eigenvalue weighted by Crippen LogP contribution is 2.40. The second kappa shape index (κ2) is 5.99. The third-order valence-corrected chi connectivity index (χ3v) is 5.43. The smallest absolute Gasteiger partial charge is 0.0487 e. The topological polar surface area (TPSA) is 0 Å². The van der Waals surface area contributed by atoms with Crippen LogP contribution in [0.1, 0.15) is 11.1 Å². The Morgan fingerprint density at radius 3 is 2.13 bits per heavy atom. The Kier molecular flexibility index (Phi) is 3.84. The minimum Gasteiger partial charge on any atom is -0.0837 e. The van der Waals surface area contributed by atoms with Crippen LogP contribution in [0.5, 0.6) is 0 Å². The fraction of sp³-hybridized carbons (Fsp3) is 0.0476. The number of hydrogen-bond acceptors (Lipinski definition) is 0. The van der Waals surface area contributed by atoms with E-state index in [2.05, 4.69) is 70.5 Å². The number of rotatable bonds is 2. The van der Waals surface area contributed by atoms with E-state index in [0.29, 0.717) is 0 Å². The van der Waals surface area contributed by atoms with Gasteiger partial charge in [-0.2, -0.15) is 0 Å². The molecule has 0 aliphatic heterocycles. The maximum atomic E-state index is 6.58. The molecule has 4 aromatic carbocycles. The number of fused-ring (bicyclic) bond motifs is 2. The Bertz CT molecular complexity index is 1010. The van der Waals surface area contributed by atoms with Crippen molar-refractivity contribution >= 4 is 49.1 Å². The summed E-state index contributed by atoms with van der Waals surface area (Å²) in [5.74, 6) is 0. The van der Waals surface area contributed by atoms with Crippen LogP contribution in [-0.4, -0.2) is 0 Å². The van der Waals surface area contributed by atoms with Gasteiger partial charge in [-0.1, -0.05) is 78.3 Å². The zero-order valence-electron chi connectivity index (χ0n) is 12.4. The van der Waals surface area contributed by atoms with Gasteiger partial charge in [0.15, 0.2) is 0 Å². The SMILES string of the molecule is Clc1cccc2c(Br)c3ccccc3c(Cc3ccccc3)c12. The first-order valence-electron chi connectivity index (χ1n) is 7.57. The van der Waals surface area contributed by atoms with E-state index in [0.717, 1.165) is 21.3 Å². The van der Waals surface area contributed by atoms with Crippen LogP contribution in [0.3, 0.4) is 0 Å². The molecule has 0 spiro atoms. The summed E-state index contributed by atoms with van der Waals surface area (Å²) < 4.78 is 1.11. The molecular weight excluding hydrogens is 368 g/mol. The van der Waals surface area contributed by atoms with Gasteiger partial charge in [0.2, 0.25) is 0 Å². The van der Waals surface area contributed by atoms with Crippen LogP contribution >= 0.6 is 27.5 Å². The minimum atomic E-state index is 0.805. The molecule has 0 aliphatic rings. The molecule has 0 aromatic heterocycles. The van der Waals surface area contributed by atoms with E-state index in [1.165, 1.54) is 27.3 Å². The van der Waals surface area contributed by atoms with Gasteiger partial charge in [-0.25, -0.2) is 0 Å². The van der Waals surface area contributed by atoms with Crippen molar-refractivity contribution in [1.82, 2.24) is 0 Å². The Morgan fingerprint density at radius 1 is 0.696 bits per heavy atom. The zero-order valence-corrected chi connectivity index (χ0v) is 14.7. The van der Waals surface area contributed by atoms with Crippen molar-refractivity contribution in [3.63, 3.8) is 0 Å². The molecular formula is C21H14BrCl. The maximum Gasteiger partial charge on any atom is 0.0487 e. The molecule has 0 saturated heterocycles. The molecule has 0 heterocycles. The van der Waals surface area contributed by atoms with E-state index in [1.54, 1.807) is 0 Å². The summed E-state index contributed by atoms with van der Waals surface area (Å²) in [5, 5.41) is 5.60. The largest absolute Gasteiger partial charge is 0.0837 e. The van der Waals surface area contributed by atoms with Gasteiger partial charge in [-0.05, 0) is 55.7 Å². The Morgan fingerprint density at radius 2 is 1.35 bits per heavy atom. The van der Waals surface area contributed by atoms with Gasteiger partial charge in [-0.15, -0.1) is 0 Å². The predicted octanol–water partition coefficient (Wildman–Crippen LogP) is 7.00. The summed E-state index contributed by atoms with van der Waals surface area (Å²) in [7, 11) is 0. The van der Waals surface area contributed by atoms with E-state index in [9.17, 15) is 0 Å². The first-order valence-corrected chi connectivity index (χ1v) is 8.74. The molecule has 112 valence electrons. The van der Waals surface area contributed by atoms with Crippen molar-refractivity contribution in [2.75, 3.05) is 0 Å². The lowest BCUT2D eigenvalue weighted by Crippen LogP contribution is -1.94. The van der Waals surface area contributed by atoms with Gasteiger partial charge < -0.3 is 0 Å². The van der Waals surface area contributed by atoms with Crippen molar-refractivity contribution in [2.24, 2.45) is 0 Å². The summed E-state index contributed by atoms with van der Waals surface area (Å²) in [6.45, 7) is 0. The molecule has 0 fully saturated rings.